The van der Waals surface area contributed by atoms with Crippen LogP contribution in [0, 0.1) is 0 Å². The summed E-state index contributed by atoms with van der Waals surface area (Å²) in [5, 5.41) is 0. The van der Waals surface area contributed by atoms with Crippen molar-refractivity contribution < 1.29 is 9.53 Å². The molecule has 0 aromatic carbocycles. The highest BCUT2D eigenvalue weighted by molar-refractivity contribution is 5.77. The summed E-state index contributed by atoms with van der Waals surface area (Å²) in [6.07, 6.45) is 4.47. The minimum Gasteiger partial charge on any atom is -0.361 e. The number of imidazole rings is 1. The SMILES string of the molecule is CC(OCC(=O)N1CCCN(C)CC1)c1nccn1C. The van der Waals surface area contributed by atoms with Crippen molar-refractivity contribution >= 4 is 5.91 Å². The molecular weight excluding hydrogens is 256 g/mol. The Bertz CT molecular complexity index is 446. The van der Waals surface area contributed by atoms with Gasteiger partial charge in [-0.1, -0.05) is 0 Å². The number of amides is 1. The van der Waals surface area contributed by atoms with Gasteiger partial charge in [-0.15, -0.1) is 0 Å². The number of rotatable bonds is 4. The van der Waals surface area contributed by atoms with Crippen LogP contribution in [0.2, 0.25) is 0 Å². The first-order valence-electron chi connectivity index (χ1n) is 7.13. The van der Waals surface area contributed by atoms with Gasteiger partial charge in [-0.3, -0.25) is 4.79 Å². The molecule has 2 rings (SSSR count). The summed E-state index contributed by atoms with van der Waals surface area (Å²) in [7, 11) is 4.02. The predicted molar refractivity (Wildman–Crippen MR) is 76.3 cm³/mol. The molecule has 0 spiro atoms. The van der Waals surface area contributed by atoms with E-state index < -0.39 is 0 Å². The van der Waals surface area contributed by atoms with Gasteiger partial charge in [0.1, 0.15) is 18.5 Å². The summed E-state index contributed by atoms with van der Waals surface area (Å²) in [4.78, 5) is 20.6. The Morgan fingerprint density at radius 2 is 2.15 bits per heavy atom. The molecule has 1 aromatic rings. The molecule has 1 unspecified atom stereocenters. The van der Waals surface area contributed by atoms with E-state index in [4.69, 9.17) is 4.74 Å². The molecule has 112 valence electrons. The fourth-order valence-corrected chi connectivity index (χ4v) is 2.43. The van der Waals surface area contributed by atoms with Crippen LogP contribution in [0.3, 0.4) is 0 Å². The van der Waals surface area contributed by atoms with E-state index in [1.54, 1.807) is 6.20 Å². The van der Waals surface area contributed by atoms with E-state index in [9.17, 15) is 4.79 Å². The van der Waals surface area contributed by atoms with Crippen LogP contribution in [0.15, 0.2) is 12.4 Å². The summed E-state index contributed by atoms with van der Waals surface area (Å²) in [5.41, 5.74) is 0. The van der Waals surface area contributed by atoms with Gasteiger partial charge in [0.2, 0.25) is 5.91 Å². The maximum atomic E-state index is 12.2. The van der Waals surface area contributed by atoms with Gasteiger partial charge in [0, 0.05) is 39.1 Å². The van der Waals surface area contributed by atoms with Crippen LogP contribution >= 0.6 is 0 Å². The first-order valence-corrected chi connectivity index (χ1v) is 7.13. The highest BCUT2D eigenvalue weighted by atomic mass is 16.5. The minimum atomic E-state index is -0.173. The normalized spacial score (nSPS) is 18.9. The van der Waals surface area contributed by atoms with Crippen LogP contribution in [0.4, 0.5) is 0 Å². The van der Waals surface area contributed by atoms with Gasteiger partial charge in [0.15, 0.2) is 0 Å². The molecule has 1 aliphatic heterocycles. The number of hydrogen-bond donors (Lipinski definition) is 0. The van der Waals surface area contributed by atoms with Crippen molar-refractivity contribution in [3.05, 3.63) is 18.2 Å². The molecule has 1 aromatic heterocycles. The number of carbonyl (C=O) groups is 1. The summed E-state index contributed by atoms with van der Waals surface area (Å²) in [6.45, 7) is 5.64. The molecule has 2 heterocycles. The lowest BCUT2D eigenvalue weighted by Crippen LogP contribution is -2.37. The highest BCUT2D eigenvalue weighted by Gasteiger charge is 2.19. The molecule has 1 fully saturated rings. The zero-order valence-electron chi connectivity index (χ0n) is 12.6. The van der Waals surface area contributed by atoms with Crippen molar-refractivity contribution in [3.63, 3.8) is 0 Å². The van der Waals surface area contributed by atoms with Gasteiger partial charge < -0.3 is 19.1 Å². The number of carbonyl (C=O) groups excluding carboxylic acids is 1. The van der Waals surface area contributed by atoms with E-state index >= 15 is 0 Å². The molecular formula is C14H24N4O2. The second-order valence-electron chi connectivity index (χ2n) is 5.39. The fourth-order valence-electron chi connectivity index (χ4n) is 2.43. The fraction of sp³-hybridized carbons (Fsp3) is 0.714. The number of aromatic nitrogens is 2. The minimum absolute atomic E-state index is 0.0707. The Labute approximate surface area is 120 Å². The lowest BCUT2D eigenvalue weighted by molar-refractivity contribution is -0.138. The molecule has 1 saturated heterocycles. The van der Waals surface area contributed by atoms with Crippen molar-refractivity contribution in [3.8, 4) is 0 Å². The second-order valence-corrected chi connectivity index (χ2v) is 5.39. The lowest BCUT2D eigenvalue weighted by atomic mass is 10.3. The van der Waals surface area contributed by atoms with Crippen LogP contribution in [0.1, 0.15) is 25.3 Å². The van der Waals surface area contributed by atoms with Gasteiger partial charge in [-0.25, -0.2) is 4.98 Å². The smallest absolute Gasteiger partial charge is 0.248 e. The van der Waals surface area contributed by atoms with E-state index in [-0.39, 0.29) is 18.6 Å². The molecule has 0 saturated carbocycles. The zero-order valence-corrected chi connectivity index (χ0v) is 12.6. The Balaban J connectivity index is 1.81. The monoisotopic (exact) mass is 280 g/mol. The molecule has 0 N–H and O–H groups in total. The van der Waals surface area contributed by atoms with Gasteiger partial charge in [0.25, 0.3) is 0 Å². The summed E-state index contributed by atoms with van der Waals surface area (Å²) in [6, 6.07) is 0. The van der Waals surface area contributed by atoms with E-state index in [0.29, 0.717) is 0 Å². The Kier molecular flexibility index (Phi) is 5.14. The molecule has 0 radical (unpaired) electrons. The number of ether oxygens (including phenoxy) is 1. The quantitative estimate of drug-likeness (QED) is 0.813. The van der Waals surface area contributed by atoms with Crippen LogP contribution in [-0.4, -0.2) is 65.1 Å². The van der Waals surface area contributed by atoms with Crippen LogP contribution in [-0.2, 0) is 16.6 Å². The van der Waals surface area contributed by atoms with Crippen molar-refractivity contribution in [2.24, 2.45) is 7.05 Å². The summed E-state index contributed by atoms with van der Waals surface area (Å²) in [5.74, 6) is 0.912. The van der Waals surface area contributed by atoms with E-state index in [0.717, 1.165) is 38.4 Å². The molecule has 6 nitrogen and oxygen atoms in total. The average molecular weight is 280 g/mol. The van der Waals surface area contributed by atoms with Gasteiger partial charge >= 0.3 is 0 Å². The first-order chi connectivity index (χ1) is 9.58. The van der Waals surface area contributed by atoms with Crippen molar-refractivity contribution in [1.29, 1.82) is 0 Å². The summed E-state index contributed by atoms with van der Waals surface area (Å²) < 4.78 is 7.57. The highest BCUT2D eigenvalue weighted by Crippen LogP contribution is 2.13. The Morgan fingerprint density at radius 3 is 2.85 bits per heavy atom. The molecule has 20 heavy (non-hydrogen) atoms. The molecule has 1 aliphatic rings. The molecule has 6 heteroatoms. The summed E-state index contributed by atoms with van der Waals surface area (Å²) >= 11 is 0. The van der Waals surface area contributed by atoms with Gasteiger partial charge in [0.05, 0.1) is 0 Å². The molecule has 0 bridgehead atoms. The molecule has 1 atom stereocenters. The molecule has 1 amide bonds. The van der Waals surface area contributed by atoms with Crippen LogP contribution in [0.5, 0.6) is 0 Å². The Morgan fingerprint density at radius 1 is 1.35 bits per heavy atom. The largest absolute Gasteiger partial charge is 0.361 e. The van der Waals surface area contributed by atoms with Gasteiger partial charge in [-0.2, -0.15) is 0 Å². The number of hydrogen-bond acceptors (Lipinski definition) is 4. The van der Waals surface area contributed by atoms with Crippen LogP contribution < -0.4 is 0 Å². The third-order valence-corrected chi connectivity index (χ3v) is 3.75. The van der Waals surface area contributed by atoms with Crippen LogP contribution in [0.25, 0.3) is 0 Å². The second kappa shape index (κ2) is 6.85. The number of aryl methyl sites for hydroxylation is 1. The zero-order chi connectivity index (χ0) is 14.5. The Hall–Kier alpha value is -1.40. The number of likely N-dealkylation sites (N-methyl/N-ethyl adjacent to an activating group) is 1. The maximum Gasteiger partial charge on any atom is 0.248 e. The van der Waals surface area contributed by atoms with E-state index in [1.807, 2.05) is 29.6 Å². The number of nitrogens with zero attached hydrogens (tertiary/aromatic N) is 4. The van der Waals surface area contributed by atoms with E-state index in [2.05, 4.69) is 16.9 Å². The molecule has 0 aliphatic carbocycles. The first kappa shape index (κ1) is 15.0. The van der Waals surface area contributed by atoms with Crippen molar-refractivity contribution in [1.82, 2.24) is 19.4 Å². The third kappa shape index (κ3) is 3.80. The predicted octanol–water partition coefficient (Wildman–Crippen LogP) is 0.662. The standard InChI is InChI=1S/C14H24N4O2/c1-12(14-15-5-8-17(14)3)20-11-13(19)18-7-4-6-16(2)9-10-18/h5,8,12H,4,6-7,9-11H2,1-3H3. The topological polar surface area (TPSA) is 50.6 Å². The lowest BCUT2D eigenvalue weighted by Gasteiger charge is -2.21. The van der Waals surface area contributed by atoms with E-state index in [1.165, 1.54) is 0 Å². The van der Waals surface area contributed by atoms with Gasteiger partial charge in [-0.05, 0) is 26.9 Å². The average Bonchev–Trinajstić information content (AvgIpc) is 2.73. The maximum absolute atomic E-state index is 12.2. The van der Waals surface area contributed by atoms with Crippen molar-refractivity contribution in [2.45, 2.75) is 19.4 Å². The third-order valence-electron chi connectivity index (χ3n) is 3.75. The van der Waals surface area contributed by atoms with Crippen molar-refractivity contribution in [2.75, 3.05) is 39.8 Å².